The van der Waals surface area contributed by atoms with Crippen LogP contribution < -0.4 is 22.1 Å². The van der Waals surface area contributed by atoms with Gasteiger partial charge in [0, 0.05) is 29.7 Å². The van der Waals surface area contributed by atoms with E-state index in [1.807, 2.05) is 26.8 Å². The standard InChI is InChI=1S/C44H64N4O15P2/c1-6-8-37-61-36-21-31-30-15-14-28-20-29(49)16-17-42(28,4)38(30)34(51)22-43(31,5)44(36,62-37)35(52)24-60-65(57,58)63-64(55,56)59-23-27-12-10-26(11-13-27)19-33(50)32(9-7-18-47-41(46)54)48-40(53)39(45)25(2)3/h10-13,16-17,20,25,30-32,34,36-39,51H,6-9,14-15,18-19,21-24,45H2,1-5H3,(H,48,53)(H,55,56)(H,57,58)(H3,46,47,54)/t30-,31-,32-,34-,36+,37?,38+,39-,42-,43-,44+/m0/s1. The van der Waals surface area contributed by atoms with Gasteiger partial charge in [0.25, 0.3) is 0 Å². The van der Waals surface area contributed by atoms with E-state index in [0.29, 0.717) is 49.7 Å². The quantitative estimate of drug-likeness (QED) is 0.0671. The van der Waals surface area contributed by atoms with E-state index >= 15 is 0 Å². The number of hydrogen-bond acceptors (Lipinski definition) is 14. The van der Waals surface area contributed by atoms with E-state index in [4.69, 9.17) is 30.0 Å². The first kappa shape index (κ1) is 51.0. The Hall–Kier alpha value is -3.45. The van der Waals surface area contributed by atoms with Crippen LogP contribution in [0.3, 0.4) is 0 Å². The number of carbonyl (C=O) groups excluding carboxylic acids is 5. The summed E-state index contributed by atoms with van der Waals surface area (Å²) >= 11 is 0. The zero-order chi connectivity index (χ0) is 47.7. The van der Waals surface area contributed by atoms with Crippen molar-refractivity contribution in [3.8, 4) is 0 Å². The molecule has 9 N–H and O–H groups in total. The van der Waals surface area contributed by atoms with E-state index in [9.17, 15) is 48.0 Å². The van der Waals surface area contributed by atoms with Gasteiger partial charge in [0.2, 0.25) is 5.91 Å². The van der Waals surface area contributed by atoms with Crippen LogP contribution in [0.4, 0.5) is 4.79 Å². The number of primary amides is 1. The number of ether oxygens (including phenoxy) is 2. The number of nitrogens with two attached hydrogens (primary N) is 2. The summed E-state index contributed by atoms with van der Waals surface area (Å²) in [5.74, 6) is -2.31. The molecule has 13 atom stereocenters. The van der Waals surface area contributed by atoms with Crippen LogP contribution in [0.25, 0.3) is 0 Å². The first-order chi connectivity index (χ1) is 30.4. The largest absolute Gasteiger partial charge is 0.481 e. The SMILES string of the molecule is CCCC1O[C@@H]2C[C@H]3[C@@H]4CCC5=CC(=O)C=C[C@]5(C)[C@H]4[C@@H](O)C[C@]3(C)[C@]2(C(=O)COP(=O)(O)OP(=O)(O)OCc2ccc(CC(=O)[C@H](CCCNC(N)=O)NC(=O)[C@@H](N)C(C)C)cc2)O1. The maximum absolute atomic E-state index is 14.5. The van der Waals surface area contributed by atoms with Crippen LogP contribution in [-0.2, 0) is 64.2 Å². The van der Waals surface area contributed by atoms with Gasteiger partial charge in [-0.05, 0) is 86.0 Å². The number of hydrogen-bond donors (Lipinski definition) is 7. The van der Waals surface area contributed by atoms with Crippen molar-refractivity contribution in [3.05, 3.63) is 59.2 Å². The van der Waals surface area contributed by atoms with E-state index in [-0.39, 0.29) is 61.0 Å². The van der Waals surface area contributed by atoms with Crippen LogP contribution in [0.15, 0.2) is 48.1 Å². The van der Waals surface area contributed by atoms with Crippen molar-refractivity contribution in [2.24, 2.45) is 46.0 Å². The molecule has 6 rings (SSSR count). The zero-order valence-electron chi connectivity index (χ0n) is 37.5. The zero-order valence-corrected chi connectivity index (χ0v) is 39.3. The van der Waals surface area contributed by atoms with Crippen molar-refractivity contribution >= 4 is 44.9 Å². The van der Waals surface area contributed by atoms with Gasteiger partial charge in [-0.15, -0.1) is 0 Å². The number of Topliss-reactive ketones (excluding diaryl/α,β-unsaturated/α-hetero) is 2. The normalized spacial score (nSPS) is 33.0. The van der Waals surface area contributed by atoms with Crippen LogP contribution in [0.5, 0.6) is 0 Å². The number of urea groups is 1. The van der Waals surface area contributed by atoms with E-state index < -0.39 is 93.6 Å². The fourth-order valence-electron chi connectivity index (χ4n) is 11.1. The first-order valence-electron chi connectivity index (χ1n) is 22.3. The fourth-order valence-corrected chi connectivity index (χ4v) is 13.1. The fraction of sp³-hybridized carbons (Fsp3) is 0.659. The molecular formula is C44H64N4O15P2. The third kappa shape index (κ3) is 10.8. The Labute approximate surface area is 379 Å². The minimum Gasteiger partial charge on any atom is -0.393 e. The molecule has 4 aliphatic carbocycles. The minimum atomic E-state index is -5.44. The molecular weight excluding hydrogens is 886 g/mol. The first-order valence-corrected chi connectivity index (χ1v) is 25.3. The van der Waals surface area contributed by atoms with Gasteiger partial charge < -0.3 is 46.5 Å². The van der Waals surface area contributed by atoms with Crippen molar-refractivity contribution in [3.63, 3.8) is 0 Å². The average Bonchev–Trinajstić information content (AvgIpc) is 3.71. The number of phosphoric acid groups is 2. The molecule has 1 aromatic rings. The van der Waals surface area contributed by atoms with Gasteiger partial charge in [-0.25, -0.2) is 13.9 Å². The van der Waals surface area contributed by atoms with Crippen molar-refractivity contribution in [2.45, 2.75) is 135 Å². The van der Waals surface area contributed by atoms with Gasteiger partial charge in [-0.1, -0.05) is 77.0 Å². The van der Waals surface area contributed by atoms with Crippen LogP contribution in [-0.4, -0.2) is 93.5 Å². The predicted octanol–water partition coefficient (Wildman–Crippen LogP) is 4.20. The Balaban J connectivity index is 1.07. The lowest BCUT2D eigenvalue weighted by Gasteiger charge is -2.59. The Bertz CT molecular complexity index is 2150. The summed E-state index contributed by atoms with van der Waals surface area (Å²) in [5.41, 5.74) is 9.68. The highest BCUT2D eigenvalue weighted by Gasteiger charge is 2.76. The lowest BCUT2D eigenvalue weighted by molar-refractivity contribution is -0.200. The van der Waals surface area contributed by atoms with Crippen LogP contribution in [0.1, 0.15) is 97.1 Å². The van der Waals surface area contributed by atoms with E-state index in [1.54, 1.807) is 38.1 Å². The molecule has 65 heavy (non-hydrogen) atoms. The number of nitrogens with one attached hydrogen (secondary N) is 2. The number of aliphatic hydroxyl groups is 1. The number of phosphoric ester groups is 2. The van der Waals surface area contributed by atoms with Crippen molar-refractivity contribution in [1.29, 1.82) is 0 Å². The predicted molar refractivity (Wildman–Crippen MR) is 234 cm³/mol. The molecule has 3 unspecified atom stereocenters. The number of amides is 3. The summed E-state index contributed by atoms with van der Waals surface area (Å²) in [7, 11) is -10.7. The Kier molecular flexibility index (Phi) is 15.7. The highest BCUT2D eigenvalue weighted by Crippen LogP contribution is 2.70. The topological polar surface area (TPSA) is 302 Å². The smallest absolute Gasteiger partial charge is 0.393 e. The summed E-state index contributed by atoms with van der Waals surface area (Å²) in [5, 5.41) is 17.1. The molecule has 21 heteroatoms. The number of rotatable bonds is 21. The molecule has 0 aromatic heterocycles. The minimum absolute atomic E-state index is 0.0735. The Morgan fingerprint density at radius 2 is 1.72 bits per heavy atom. The second-order valence-corrected chi connectivity index (χ2v) is 21.9. The monoisotopic (exact) mass is 950 g/mol. The summed E-state index contributed by atoms with van der Waals surface area (Å²) in [6.07, 6.45) is 6.12. The highest BCUT2D eigenvalue weighted by atomic mass is 31.3. The molecule has 3 saturated carbocycles. The maximum Gasteiger partial charge on any atom is 0.481 e. The van der Waals surface area contributed by atoms with Gasteiger partial charge in [0.15, 0.2) is 29.2 Å². The summed E-state index contributed by atoms with van der Waals surface area (Å²) in [4.78, 5) is 85.0. The van der Waals surface area contributed by atoms with Gasteiger partial charge in [-0.2, -0.15) is 4.31 Å². The molecule has 1 aliphatic heterocycles. The van der Waals surface area contributed by atoms with Gasteiger partial charge >= 0.3 is 21.7 Å². The van der Waals surface area contributed by atoms with E-state index in [1.165, 1.54) is 12.1 Å². The lowest BCUT2D eigenvalue weighted by atomic mass is 9.46. The number of benzene rings is 1. The lowest BCUT2D eigenvalue weighted by Crippen LogP contribution is -2.63. The molecule has 0 radical (unpaired) electrons. The molecule has 4 fully saturated rings. The molecule has 1 aromatic carbocycles. The van der Waals surface area contributed by atoms with E-state index in [0.717, 1.165) is 5.57 Å². The molecule has 3 amide bonds. The summed E-state index contributed by atoms with van der Waals surface area (Å²) in [6, 6.07) is 3.64. The third-order valence-electron chi connectivity index (χ3n) is 14.3. The van der Waals surface area contributed by atoms with Gasteiger partial charge in [0.05, 0.1) is 30.9 Å². The summed E-state index contributed by atoms with van der Waals surface area (Å²) in [6.45, 7) is 7.97. The summed E-state index contributed by atoms with van der Waals surface area (Å²) < 4.78 is 53.8. The molecule has 1 saturated heterocycles. The second-order valence-electron chi connectivity index (χ2n) is 18.9. The molecule has 360 valence electrons. The van der Waals surface area contributed by atoms with Crippen molar-refractivity contribution < 1.29 is 70.8 Å². The molecule has 0 spiro atoms. The molecule has 5 aliphatic rings. The highest BCUT2D eigenvalue weighted by molar-refractivity contribution is 7.61. The van der Waals surface area contributed by atoms with Gasteiger partial charge in [0.1, 0.15) is 6.61 Å². The van der Waals surface area contributed by atoms with Crippen molar-refractivity contribution in [2.75, 3.05) is 13.2 Å². The number of ketones is 3. The number of carbonyl (C=O) groups is 5. The van der Waals surface area contributed by atoms with Crippen LogP contribution >= 0.6 is 15.6 Å². The number of allylic oxidation sites excluding steroid dienone is 4. The van der Waals surface area contributed by atoms with Crippen LogP contribution in [0, 0.1) is 34.5 Å². The average molecular weight is 951 g/mol. The Morgan fingerprint density at radius 3 is 2.38 bits per heavy atom. The van der Waals surface area contributed by atoms with Crippen molar-refractivity contribution in [1.82, 2.24) is 10.6 Å². The van der Waals surface area contributed by atoms with Gasteiger partial charge in [-0.3, -0.25) is 28.2 Å². The Morgan fingerprint density at radius 1 is 1.05 bits per heavy atom. The third-order valence-corrected chi connectivity index (χ3v) is 16.8. The maximum atomic E-state index is 14.5. The number of fused-ring (bicyclic) bond motifs is 7. The number of aliphatic hydroxyl groups excluding tert-OH is 1. The van der Waals surface area contributed by atoms with Crippen LogP contribution in [0.2, 0.25) is 0 Å². The van der Waals surface area contributed by atoms with E-state index in [2.05, 4.69) is 14.9 Å². The molecule has 1 heterocycles. The molecule has 19 nitrogen and oxygen atoms in total. The second kappa shape index (κ2) is 20.0. The molecule has 0 bridgehead atoms.